The number of carboxylic acid groups (broad SMARTS) is 1. The Balaban J connectivity index is 1.87. The maximum Gasteiger partial charge on any atom is 0.335 e. The van der Waals surface area contributed by atoms with Gasteiger partial charge in [-0.3, -0.25) is 14.5 Å². The second-order valence-corrected chi connectivity index (χ2v) is 9.05. The van der Waals surface area contributed by atoms with Crippen molar-refractivity contribution in [1.29, 1.82) is 0 Å². The minimum absolute atomic E-state index is 0.145. The van der Waals surface area contributed by atoms with Gasteiger partial charge < -0.3 is 14.6 Å². The topological polar surface area (TPSA) is 93.1 Å². The molecule has 0 unspecified atom stereocenters. The molecule has 0 radical (unpaired) electrons. The van der Waals surface area contributed by atoms with E-state index in [-0.39, 0.29) is 29.4 Å². The van der Waals surface area contributed by atoms with Gasteiger partial charge in [0, 0.05) is 6.04 Å². The number of aromatic carboxylic acids is 1. The number of hydrogen-bond donors (Lipinski definition) is 1. The minimum Gasteiger partial charge on any atom is -0.490 e. The van der Waals surface area contributed by atoms with E-state index in [0.717, 1.165) is 11.8 Å². The number of ether oxygens (including phenoxy) is 2. The molecule has 0 saturated carbocycles. The molecule has 2 aromatic rings. The third kappa shape index (κ3) is 5.34. The highest BCUT2D eigenvalue weighted by atomic mass is 79.9. The molecule has 0 atom stereocenters. The Labute approximate surface area is 198 Å². The number of amides is 2. The van der Waals surface area contributed by atoms with Crippen LogP contribution in [-0.4, -0.2) is 39.8 Å². The molecule has 0 bridgehead atoms. The first-order valence-electron chi connectivity index (χ1n) is 9.89. The molecule has 0 aliphatic carbocycles. The quantitative estimate of drug-likeness (QED) is 0.455. The second-order valence-electron chi connectivity index (χ2n) is 7.20. The normalized spacial score (nSPS) is 15.0. The summed E-state index contributed by atoms with van der Waals surface area (Å²) in [6.45, 7) is 5.97. The fourth-order valence-corrected chi connectivity index (χ4v) is 4.64. The zero-order valence-electron chi connectivity index (χ0n) is 17.8. The standard InChI is InChI=1S/C23H22BrNO6S/c1-4-30-18-10-15(11-19-21(26)25(13(2)3)23(29)32-19)9-17(24)20(18)31-12-14-6-5-7-16(8-14)22(27)28/h5-11,13H,4,12H2,1-3H3,(H,27,28)/b19-11+. The molecule has 1 heterocycles. The lowest BCUT2D eigenvalue weighted by Gasteiger charge is -2.16. The predicted molar refractivity (Wildman–Crippen MR) is 126 cm³/mol. The molecule has 1 saturated heterocycles. The van der Waals surface area contributed by atoms with E-state index >= 15 is 0 Å². The van der Waals surface area contributed by atoms with E-state index in [1.54, 1.807) is 50.3 Å². The third-order valence-electron chi connectivity index (χ3n) is 4.53. The van der Waals surface area contributed by atoms with E-state index in [9.17, 15) is 14.4 Å². The van der Waals surface area contributed by atoms with Gasteiger partial charge in [-0.2, -0.15) is 0 Å². The average molecular weight is 520 g/mol. The molecule has 1 aliphatic heterocycles. The largest absolute Gasteiger partial charge is 0.490 e. The van der Waals surface area contributed by atoms with Gasteiger partial charge in [0.1, 0.15) is 6.61 Å². The van der Waals surface area contributed by atoms with Gasteiger partial charge in [-0.05, 0) is 89.9 Å². The molecule has 2 amide bonds. The molecular formula is C23H22BrNO6S. The van der Waals surface area contributed by atoms with Crippen molar-refractivity contribution >= 4 is 50.9 Å². The highest BCUT2D eigenvalue weighted by Crippen LogP contribution is 2.40. The van der Waals surface area contributed by atoms with Crippen molar-refractivity contribution < 1.29 is 29.0 Å². The Kier molecular flexibility index (Phi) is 7.63. The monoisotopic (exact) mass is 519 g/mol. The number of benzene rings is 2. The second kappa shape index (κ2) is 10.2. The first kappa shape index (κ1) is 23.9. The van der Waals surface area contributed by atoms with Crippen LogP contribution < -0.4 is 9.47 Å². The van der Waals surface area contributed by atoms with Crippen LogP contribution in [0.4, 0.5) is 4.79 Å². The zero-order valence-corrected chi connectivity index (χ0v) is 20.2. The summed E-state index contributed by atoms with van der Waals surface area (Å²) in [5, 5.41) is 8.87. The van der Waals surface area contributed by atoms with Gasteiger partial charge in [0.25, 0.3) is 11.1 Å². The fraction of sp³-hybridized carbons (Fsp3) is 0.261. The molecular weight excluding hydrogens is 498 g/mol. The summed E-state index contributed by atoms with van der Waals surface area (Å²) in [5.74, 6) is -0.400. The molecule has 1 aliphatic rings. The third-order valence-corrected chi connectivity index (χ3v) is 6.00. The molecule has 0 aromatic heterocycles. The number of rotatable bonds is 8. The minimum atomic E-state index is -1.01. The van der Waals surface area contributed by atoms with Gasteiger partial charge in [0.05, 0.1) is 21.5 Å². The van der Waals surface area contributed by atoms with Crippen LogP contribution in [0.3, 0.4) is 0 Å². The Morgan fingerprint density at radius 2 is 1.97 bits per heavy atom. The number of carbonyl (C=O) groups is 3. The Hall–Kier alpha value is -2.78. The van der Waals surface area contributed by atoms with Crippen LogP contribution in [0.5, 0.6) is 11.5 Å². The van der Waals surface area contributed by atoms with Crippen molar-refractivity contribution in [3.8, 4) is 11.5 Å². The first-order valence-corrected chi connectivity index (χ1v) is 11.5. The predicted octanol–water partition coefficient (Wildman–Crippen LogP) is 5.57. The summed E-state index contributed by atoms with van der Waals surface area (Å²) in [6, 6.07) is 9.80. The van der Waals surface area contributed by atoms with Gasteiger partial charge in [0.2, 0.25) is 0 Å². The number of thioether (sulfide) groups is 1. The zero-order chi connectivity index (χ0) is 23.4. The molecule has 1 N–H and O–H groups in total. The van der Waals surface area contributed by atoms with Gasteiger partial charge >= 0.3 is 5.97 Å². The van der Waals surface area contributed by atoms with Crippen LogP contribution in [-0.2, 0) is 11.4 Å². The van der Waals surface area contributed by atoms with Crippen LogP contribution in [0.15, 0.2) is 45.8 Å². The Bertz CT molecular complexity index is 1100. The highest BCUT2D eigenvalue weighted by molar-refractivity contribution is 9.10. The molecule has 1 fully saturated rings. The molecule has 32 heavy (non-hydrogen) atoms. The van der Waals surface area contributed by atoms with Gasteiger partial charge in [-0.1, -0.05) is 12.1 Å². The van der Waals surface area contributed by atoms with Crippen LogP contribution in [0.1, 0.15) is 42.3 Å². The number of nitrogens with zero attached hydrogens (tertiary/aromatic N) is 1. The maximum atomic E-state index is 12.6. The fourth-order valence-electron chi connectivity index (χ4n) is 3.10. The number of carbonyl (C=O) groups excluding carboxylic acids is 2. The molecule has 7 nitrogen and oxygen atoms in total. The van der Waals surface area contributed by atoms with Gasteiger partial charge in [-0.25, -0.2) is 4.79 Å². The lowest BCUT2D eigenvalue weighted by atomic mass is 10.1. The lowest BCUT2D eigenvalue weighted by Crippen LogP contribution is -2.34. The molecule has 0 spiro atoms. The van der Waals surface area contributed by atoms with Crippen LogP contribution in [0.25, 0.3) is 6.08 Å². The van der Waals surface area contributed by atoms with Gasteiger partial charge in [0.15, 0.2) is 11.5 Å². The first-order chi connectivity index (χ1) is 15.2. The Morgan fingerprint density at radius 3 is 2.59 bits per heavy atom. The lowest BCUT2D eigenvalue weighted by molar-refractivity contribution is -0.123. The smallest absolute Gasteiger partial charge is 0.335 e. The van der Waals surface area contributed by atoms with Crippen molar-refractivity contribution in [2.24, 2.45) is 0 Å². The number of halogens is 1. The molecule has 168 valence electrons. The van der Waals surface area contributed by atoms with E-state index in [2.05, 4.69) is 15.9 Å². The average Bonchev–Trinajstić information content (AvgIpc) is 3.00. The summed E-state index contributed by atoms with van der Waals surface area (Å²) in [5.41, 5.74) is 1.56. The van der Waals surface area contributed by atoms with Crippen LogP contribution in [0.2, 0.25) is 0 Å². The van der Waals surface area contributed by atoms with E-state index in [1.165, 1.54) is 11.0 Å². The van der Waals surface area contributed by atoms with E-state index < -0.39 is 5.97 Å². The van der Waals surface area contributed by atoms with E-state index in [0.29, 0.717) is 38.6 Å². The number of carboxylic acids is 1. The van der Waals surface area contributed by atoms with Crippen molar-refractivity contribution in [2.45, 2.75) is 33.4 Å². The van der Waals surface area contributed by atoms with E-state index in [1.807, 2.05) is 6.92 Å². The van der Waals surface area contributed by atoms with Crippen molar-refractivity contribution in [3.05, 3.63) is 62.5 Å². The number of imide groups is 1. The summed E-state index contributed by atoms with van der Waals surface area (Å²) < 4.78 is 12.3. The van der Waals surface area contributed by atoms with Crippen LogP contribution in [0, 0.1) is 0 Å². The van der Waals surface area contributed by atoms with Crippen molar-refractivity contribution in [1.82, 2.24) is 4.90 Å². The maximum absolute atomic E-state index is 12.6. The van der Waals surface area contributed by atoms with Crippen molar-refractivity contribution in [3.63, 3.8) is 0 Å². The summed E-state index contributed by atoms with van der Waals surface area (Å²) in [7, 11) is 0. The SMILES string of the molecule is CCOc1cc(/C=C2/SC(=O)N(C(C)C)C2=O)cc(Br)c1OCc1cccc(C(=O)O)c1. The van der Waals surface area contributed by atoms with Crippen LogP contribution >= 0.6 is 27.7 Å². The molecule has 9 heteroatoms. The summed E-state index contributed by atoms with van der Waals surface area (Å²) in [4.78, 5) is 37.5. The summed E-state index contributed by atoms with van der Waals surface area (Å²) >= 11 is 4.40. The molecule has 2 aromatic carbocycles. The van der Waals surface area contributed by atoms with Gasteiger partial charge in [-0.15, -0.1) is 0 Å². The summed E-state index contributed by atoms with van der Waals surface area (Å²) in [6.07, 6.45) is 1.65. The van der Waals surface area contributed by atoms with E-state index in [4.69, 9.17) is 14.6 Å². The molecule has 3 rings (SSSR count). The van der Waals surface area contributed by atoms with Crippen molar-refractivity contribution in [2.75, 3.05) is 6.61 Å². The number of hydrogen-bond acceptors (Lipinski definition) is 6. The Morgan fingerprint density at radius 1 is 1.22 bits per heavy atom. The highest BCUT2D eigenvalue weighted by Gasteiger charge is 2.36.